The highest BCUT2D eigenvalue weighted by molar-refractivity contribution is 9.10. The Labute approximate surface area is 132 Å². The molecule has 1 saturated heterocycles. The molecule has 1 aliphatic heterocycles. The maximum absolute atomic E-state index is 12.2. The second-order valence-corrected chi connectivity index (χ2v) is 6.28. The first-order valence-electron chi connectivity index (χ1n) is 6.99. The smallest absolute Gasteiger partial charge is 0.321 e. The van der Waals surface area contributed by atoms with Gasteiger partial charge in [0.15, 0.2) is 0 Å². The molecule has 1 fully saturated rings. The fourth-order valence-electron chi connectivity index (χ4n) is 2.46. The zero-order valence-electron chi connectivity index (χ0n) is 11.9. The van der Waals surface area contributed by atoms with Crippen molar-refractivity contribution < 1.29 is 14.7 Å². The van der Waals surface area contributed by atoms with Crippen LogP contribution >= 0.6 is 15.9 Å². The normalized spacial score (nSPS) is 15.8. The fraction of sp³-hybridized carbons (Fsp3) is 0.467. The lowest BCUT2D eigenvalue weighted by molar-refractivity contribution is -0.138. The third-order valence-corrected chi connectivity index (χ3v) is 4.64. The Balaban J connectivity index is 1.87. The number of rotatable bonds is 3. The Hall–Kier alpha value is -1.56. The molecule has 2 N–H and O–H groups in total. The average molecular weight is 355 g/mol. The Morgan fingerprint density at radius 3 is 2.62 bits per heavy atom. The number of aryl methyl sites for hydroxylation is 1. The van der Waals surface area contributed by atoms with Crippen LogP contribution in [0.25, 0.3) is 0 Å². The number of hydrogen-bond acceptors (Lipinski definition) is 2. The second-order valence-electron chi connectivity index (χ2n) is 5.42. The molecule has 2 rings (SSSR count). The molecular formula is C15H19BrN2O3. The van der Waals surface area contributed by atoms with Gasteiger partial charge >= 0.3 is 12.0 Å². The summed E-state index contributed by atoms with van der Waals surface area (Å²) >= 11 is 3.44. The number of aliphatic carboxylic acids is 1. The Morgan fingerprint density at radius 1 is 1.38 bits per heavy atom. The lowest BCUT2D eigenvalue weighted by Gasteiger charge is -2.31. The van der Waals surface area contributed by atoms with E-state index in [0.29, 0.717) is 13.1 Å². The van der Waals surface area contributed by atoms with Crippen LogP contribution in [0.4, 0.5) is 10.5 Å². The van der Waals surface area contributed by atoms with Gasteiger partial charge in [0.25, 0.3) is 0 Å². The van der Waals surface area contributed by atoms with Crippen LogP contribution in [0.2, 0.25) is 0 Å². The van der Waals surface area contributed by atoms with E-state index in [9.17, 15) is 9.59 Å². The summed E-state index contributed by atoms with van der Waals surface area (Å²) in [5.41, 5.74) is 1.87. The van der Waals surface area contributed by atoms with E-state index >= 15 is 0 Å². The lowest BCUT2D eigenvalue weighted by atomic mass is 9.94. The van der Waals surface area contributed by atoms with Crippen molar-refractivity contribution in [1.29, 1.82) is 0 Å². The van der Waals surface area contributed by atoms with Crippen LogP contribution in [-0.4, -0.2) is 35.1 Å². The fourth-order valence-corrected chi connectivity index (χ4v) is 2.84. The van der Waals surface area contributed by atoms with Gasteiger partial charge in [-0.3, -0.25) is 4.79 Å². The first-order chi connectivity index (χ1) is 9.95. The summed E-state index contributed by atoms with van der Waals surface area (Å²) in [5, 5.41) is 11.7. The molecule has 0 aromatic heterocycles. The molecule has 0 radical (unpaired) electrons. The zero-order chi connectivity index (χ0) is 15.4. The molecule has 1 aromatic carbocycles. The Kier molecular flexibility index (Phi) is 5.22. The molecule has 21 heavy (non-hydrogen) atoms. The minimum absolute atomic E-state index is 0.125. The number of piperidine rings is 1. The molecule has 0 saturated carbocycles. The number of halogens is 1. The van der Waals surface area contributed by atoms with E-state index in [1.807, 2.05) is 25.1 Å². The summed E-state index contributed by atoms with van der Waals surface area (Å²) in [6, 6.07) is 5.57. The van der Waals surface area contributed by atoms with Gasteiger partial charge in [-0.15, -0.1) is 0 Å². The number of carbonyl (C=O) groups is 2. The van der Waals surface area contributed by atoms with Crippen molar-refractivity contribution in [2.24, 2.45) is 5.92 Å². The molecule has 0 bridgehead atoms. The van der Waals surface area contributed by atoms with Crippen molar-refractivity contribution in [3.63, 3.8) is 0 Å². The first-order valence-corrected chi connectivity index (χ1v) is 7.79. The number of carboxylic acid groups (broad SMARTS) is 1. The van der Waals surface area contributed by atoms with Crippen LogP contribution in [0, 0.1) is 12.8 Å². The molecule has 1 aliphatic rings. The van der Waals surface area contributed by atoms with Crippen molar-refractivity contribution in [3.05, 3.63) is 28.2 Å². The topological polar surface area (TPSA) is 69.6 Å². The maximum atomic E-state index is 12.2. The van der Waals surface area contributed by atoms with Gasteiger partial charge in [0, 0.05) is 29.7 Å². The largest absolute Gasteiger partial charge is 0.481 e. The van der Waals surface area contributed by atoms with E-state index in [-0.39, 0.29) is 18.4 Å². The highest BCUT2D eigenvalue weighted by atomic mass is 79.9. The van der Waals surface area contributed by atoms with Crippen molar-refractivity contribution >= 4 is 33.6 Å². The molecule has 0 unspecified atom stereocenters. The molecule has 5 nitrogen and oxygen atoms in total. The van der Waals surface area contributed by atoms with Gasteiger partial charge in [0.05, 0.1) is 0 Å². The highest BCUT2D eigenvalue weighted by Gasteiger charge is 2.24. The minimum atomic E-state index is -0.762. The van der Waals surface area contributed by atoms with Gasteiger partial charge < -0.3 is 15.3 Å². The minimum Gasteiger partial charge on any atom is -0.481 e. The third kappa shape index (κ3) is 4.46. The van der Waals surface area contributed by atoms with Crippen LogP contribution in [0.1, 0.15) is 24.8 Å². The van der Waals surface area contributed by atoms with Gasteiger partial charge in [-0.25, -0.2) is 4.79 Å². The Morgan fingerprint density at radius 2 is 2.05 bits per heavy atom. The van der Waals surface area contributed by atoms with Crippen LogP contribution in [0.3, 0.4) is 0 Å². The van der Waals surface area contributed by atoms with Gasteiger partial charge in [-0.1, -0.05) is 22.0 Å². The van der Waals surface area contributed by atoms with E-state index in [1.54, 1.807) is 4.90 Å². The monoisotopic (exact) mass is 354 g/mol. The predicted octanol–water partition coefficient (Wildman–Crippen LogP) is 3.48. The third-order valence-electron chi connectivity index (χ3n) is 3.79. The van der Waals surface area contributed by atoms with Crippen LogP contribution in [0.15, 0.2) is 22.7 Å². The molecule has 0 aliphatic carbocycles. The number of amides is 2. The molecular weight excluding hydrogens is 336 g/mol. The summed E-state index contributed by atoms with van der Waals surface area (Å²) in [6.45, 7) is 3.20. The summed E-state index contributed by atoms with van der Waals surface area (Å²) < 4.78 is 0.959. The number of carbonyl (C=O) groups excluding carboxylic acids is 1. The quantitative estimate of drug-likeness (QED) is 0.872. The molecule has 114 valence electrons. The number of likely N-dealkylation sites (tertiary alicyclic amines) is 1. The van der Waals surface area contributed by atoms with Crippen molar-refractivity contribution in [1.82, 2.24) is 4.90 Å². The zero-order valence-corrected chi connectivity index (χ0v) is 13.5. The predicted molar refractivity (Wildman–Crippen MR) is 84.4 cm³/mol. The standard InChI is InChI=1S/C15H19BrN2O3/c1-10-2-3-12(9-13(10)16)17-15(21)18-6-4-11(5-7-18)8-14(19)20/h2-3,9,11H,4-8H2,1H3,(H,17,21)(H,19,20). The number of carboxylic acids is 1. The van der Waals surface area contributed by atoms with Gasteiger partial charge in [-0.05, 0) is 43.4 Å². The summed E-state index contributed by atoms with van der Waals surface area (Å²) in [6.07, 6.45) is 1.69. The lowest BCUT2D eigenvalue weighted by Crippen LogP contribution is -2.41. The van der Waals surface area contributed by atoms with Crippen molar-refractivity contribution in [3.8, 4) is 0 Å². The van der Waals surface area contributed by atoms with E-state index in [1.165, 1.54) is 0 Å². The van der Waals surface area contributed by atoms with E-state index < -0.39 is 5.97 Å². The highest BCUT2D eigenvalue weighted by Crippen LogP contribution is 2.23. The average Bonchev–Trinajstić information content (AvgIpc) is 2.43. The number of urea groups is 1. The molecule has 2 amide bonds. The molecule has 0 atom stereocenters. The number of anilines is 1. The number of benzene rings is 1. The van der Waals surface area contributed by atoms with Gasteiger partial charge in [0.1, 0.15) is 0 Å². The van der Waals surface area contributed by atoms with E-state index in [0.717, 1.165) is 28.6 Å². The van der Waals surface area contributed by atoms with Crippen molar-refractivity contribution in [2.45, 2.75) is 26.2 Å². The van der Waals surface area contributed by atoms with E-state index in [4.69, 9.17) is 5.11 Å². The molecule has 1 heterocycles. The SMILES string of the molecule is Cc1ccc(NC(=O)N2CCC(CC(=O)O)CC2)cc1Br. The maximum Gasteiger partial charge on any atom is 0.321 e. The number of hydrogen-bond donors (Lipinski definition) is 2. The molecule has 0 spiro atoms. The van der Waals surface area contributed by atoms with Gasteiger partial charge in [0.2, 0.25) is 0 Å². The summed E-state index contributed by atoms with van der Waals surface area (Å²) in [5.74, 6) is -0.581. The number of nitrogens with zero attached hydrogens (tertiary/aromatic N) is 1. The Bertz CT molecular complexity index is 540. The summed E-state index contributed by atoms with van der Waals surface area (Å²) in [4.78, 5) is 24.6. The number of nitrogens with one attached hydrogen (secondary N) is 1. The van der Waals surface area contributed by atoms with Crippen LogP contribution in [0.5, 0.6) is 0 Å². The summed E-state index contributed by atoms with van der Waals surface area (Å²) in [7, 11) is 0. The van der Waals surface area contributed by atoms with Crippen LogP contribution in [-0.2, 0) is 4.79 Å². The van der Waals surface area contributed by atoms with Crippen LogP contribution < -0.4 is 5.32 Å². The van der Waals surface area contributed by atoms with Crippen molar-refractivity contribution in [2.75, 3.05) is 18.4 Å². The van der Waals surface area contributed by atoms with E-state index in [2.05, 4.69) is 21.2 Å². The molecule has 6 heteroatoms. The second kappa shape index (κ2) is 6.93. The first kappa shape index (κ1) is 15.8. The van der Waals surface area contributed by atoms with Gasteiger partial charge in [-0.2, -0.15) is 0 Å². The molecule has 1 aromatic rings.